The second kappa shape index (κ2) is 4.28. The van der Waals surface area contributed by atoms with Crippen molar-refractivity contribution in [1.29, 1.82) is 0 Å². The zero-order valence-corrected chi connectivity index (χ0v) is 12.0. The number of rotatable bonds is 2. The summed E-state index contributed by atoms with van der Waals surface area (Å²) in [4.78, 5) is 18.6. The van der Waals surface area contributed by atoms with Crippen LogP contribution in [0.25, 0.3) is 32.3 Å². The van der Waals surface area contributed by atoms with Crippen LogP contribution in [0.2, 0.25) is 0 Å². The fourth-order valence-electron chi connectivity index (χ4n) is 3.16. The van der Waals surface area contributed by atoms with E-state index in [1.807, 2.05) is 30.3 Å². The lowest BCUT2D eigenvalue weighted by Crippen LogP contribution is -1.91. The van der Waals surface area contributed by atoms with Gasteiger partial charge in [-0.15, -0.1) is 0 Å². The quantitative estimate of drug-likeness (QED) is 0.429. The molecule has 0 aliphatic heterocycles. The maximum absolute atomic E-state index is 11.4. The minimum Gasteiger partial charge on any atom is -0.324 e. The van der Waals surface area contributed by atoms with Crippen molar-refractivity contribution >= 4 is 39.9 Å². The number of benzene rings is 4. The molecule has 21 heavy (non-hydrogen) atoms. The molecule has 0 aliphatic rings. The summed E-state index contributed by atoms with van der Waals surface area (Å²) in [5, 5.41) is 6.60. The molecule has 4 heteroatoms. The molecular weight excluding hydrogens is 283 g/mol. The predicted molar refractivity (Wildman–Crippen MR) is 85.9 cm³/mol. The molecule has 4 rings (SSSR count). The lowest BCUT2D eigenvalue weighted by atomic mass is 9.92. The van der Waals surface area contributed by atoms with Crippen LogP contribution in [0.1, 0.15) is 5.56 Å². The standard InChI is InChI=1S/C17H13O3P/c18-21(19,20)10-14-7-6-13-5-4-11-2-1-3-12-8-9-15(14)17(13)16(11)12/h1-9H,10H2,(H2,18,19,20). The van der Waals surface area contributed by atoms with E-state index in [0.29, 0.717) is 5.56 Å². The van der Waals surface area contributed by atoms with E-state index in [0.717, 1.165) is 26.9 Å². The number of hydrogen-bond acceptors (Lipinski definition) is 1. The predicted octanol–water partition coefficient (Wildman–Crippen LogP) is 4.26. The summed E-state index contributed by atoms with van der Waals surface area (Å²) < 4.78 is 11.4. The van der Waals surface area contributed by atoms with E-state index in [2.05, 4.69) is 24.3 Å². The third-order valence-electron chi connectivity index (χ3n) is 4.00. The minimum absolute atomic E-state index is 0.221. The minimum atomic E-state index is -4.08. The normalized spacial score (nSPS) is 12.7. The molecule has 0 fully saturated rings. The van der Waals surface area contributed by atoms with Crippen LogP contribution in [-0.4, -0.2) is 9.79 Å². The van der Waals surface area contributed by atoms with Gasteiger partial charge in [-0.2, -0.15) is 0 Å². The van der Waals surface area contributed by atoms with Gasteiger partial charge < -0.3 is 9.79 Å². The molecular formula is C17H13O3P. The molecule has 0 bridgehead atoms. The van der Waals surface area contributed by atoms with E-state index in [-0.39, 0.29) is 6.16 Å². The molecule has 104 valence electrons. The average Bonchev–Trinajstić information content (AvgIpc) is 2.45. The molecule has 0 saturated carbocycles. The lowest BCUT2D eigenvalue weighted by molar-refractivity contribution is 0.372. The lowest BCUT2D eigenvalue weighted by Gasteiger charge is -2.14. The van der Waals surface area contributed by atoms with Gasteiger partial charge in [0.05, 0.1) is 6.16 Å². The van der Waals surface area contributed by atoms with Crippen molar-refractivity contribution in [2.24, 2.45) is 0 Å². The molecule has 0 unspecified atom stereocenters. The van der Waals surface area contributed by atoms with E-state index < -0.39 is 7.60 Å². The Balaban J connectivity index is 2.18. The molecule has 0 aliphatic carbocycles. The van der Waals surface area contributed by atoms with Gasteiger partial charge in [-0.25, -0.2) is 0 Å². The van der Waals surface area contributed by atoms with E-state index in [9.17, 15) is 14.4 Å². The van der Waals surface area contributed by atoms with Crippen molar-refractivity contribution < 1.29 is 14.4 Å². The molecule has 0 saturated heterocycles. The van der Waals surface area contributed by atoms with Crippen molar-refractivity contribution in [3.8, 4) is 0 Å². The highest BCUT2D eigenvalue weighted by Crippen LogP contribution is 2.43. The maximum atomic E-state index is 11.4. The molecule has 4 aromatic carbocycles. The van der Waals surface area contributed by atoms with Gasteiger partial charge in [0.15, 0.2) is 0 Å². The Morgan fingerprint density at radius 1 is 0.762 bits per heavy atom. The van der Waals surface area contributed by atoms with Gasteiger partial charge in [0.2, 0.25) is 0 Å². The molecule has 0 spiro atoms. The molecule has 0 radical (unpaired) electrons. The highest BCUT2D eigenvalue weighted by molar-refractivity contribution is 7.50. The Hall–Kier alpha value is -1.93. The van der Waals surface area contributed by atoms with Crippen molar-refractivity contribution in [2.45, 2.75) is 6.16 Å². The van der Waals surface area contributed by atoms with Crippen LogP contribution in [0.3, 0.4) is 0 Å². The van der Waals surface area contributed by atoms with Gasteiger partial charge >= 0.3 is 7.60 Å². The van der Waals surface area contributed by atoms with Gasteiger partial charge in [0, 0.05) is 0 Å². The summed E-state index contributed by atoms with van der Waals surface area (Å²) in [6, 6.07) is 18.1. The Bertz CT molecular complexity index is 1000. The average molecular weight is 296 g/mol. The number of hydrogen-bond donors (Lipinski definition) is 2. The summed E-state index contributed by atoms with van der Waals surface area (Å²) in [6.45, 7) is 0. The Morgan fingerprint density at radius 3 is 2.00 bits per heavy atom. The molecule has 0 amide bonds. The molecule has 0 aromatic heterocycles. The molecule has 4 aromatic rings. The third kappa shape index (κ3) is 2.02. The van der Waals surface area contributed by atoms with Crippen molar-refractivity contribution in [3.63, 3.8) is 0 Å². The van der Waals surface area contributed by atoms with Gasteiger partial charge in [-0.1, -0.05) is 54.6 Å². The van der Waals surface area contributed by atoms with Crippen LogP contribution in [-0.2, 0) is 10.7 Å². The van der Waals surface area contributed by atoms with Gasteiger partial charge in [0.25, 0.3) is 0 Å². The molecule has 0 heterocycles. The van der Waals surface area contributed by atoms with Gasteiger partial charge in [-0.3, -0.25) is 4.57 Å². The SMILES string of the molecule is O=P(O)(O)Cc1ccc2ccc3cccc4ccc1c2c34. The Morgan fingerprint density at radius 2 is 1.33 bits per heavy atom. The Kier molecular flexibility index (Phi) is 2.61. The molecule has 0 atom stereocenters. The van der Waals surface area contributed by atoms with Crippen LogP contribution in [0.5, 0.6) is 0 Å². The van der Waals surface area contributed by atoms with Crippen LogP contribution < -0.4 is 0 Å². The second-order valence-corrected chi connectivity index (χ2v) is 7.05. The van der Waals surface area contributed by atoms with Crippen LogP contribution in [0.15, 0.2) is 54.6 Å². The largest absolute Gasteiger partial charge is 0.329 e. The molecule has 3 nitrogen and oxygen atoms in total. The third-order valence-corrected chi connectivity index (χ3v) is 4.75. The van der Waals surface area contributed by atoms with Gasteiger partial charge in [0.1, 0.15) is 0 Å². The summed E-state index contributed by atoms with van der Waals surface area (Å²) >= 11 is 0. The van der Waals surface area contributed by atoms with Crippen LogP contribution in [0, 0.1) is 0 Å². The summed E-state index contributed by atoms with van der Waals surface area (Å²) in [6.07, 6.45) is -0.221. The summed E-state index contributed by atoms with van der Waals surface area (Å²) in [7, 11) is -4.08. The van der Waals surface area contributed by atoms with Crippen molar-refractivity contribution in [1.82, 2.24) is 0 Å². The first kappa shape index (κ1) is 12.8. The van der Waals surface area contributed by atoms with E-state index >= 15 is 0 Å². The highest BCUT2D eigenvalue weighted by Gasteiger charge is 2.17. The first-order valence-electron chi connectivity index (χ1n) is 6.73. The van der Waals surface area contributed by atoms with E-state index in [4.69, 9.17) is 0 Å². The molecule has 2 N–H and O–H groups in total. The smallest absolute Gasteiger partial charge is 0.324 e. The van der Waals surface area contributed by atoms with Crippen LogP contribution >= 0.6 is 7.60 Å². The fourth-order valence-corrected chi connectivity index (χ4v) is 3.88. The van der Waals surface area contributed by atoms with Crippen molar-refractivity contribution in [2.75, 3.05) is 0 Å². The van der Waals surface area contributed by atoms with E-state index in [1.165, 1.54) is 5.39 Å². The fraction of sp³-hybridized carbons (Fsp3) is 0.0588. The zero-order chi connectivity index (χ0) is 14.6. The first-order valence-corrected chi connectivity index (χ1v) is 8.53. The first-order chi connectivity index (χ1) is 10.0. The highest BCUT2D eigenvalue weighted by atomic mass is 31.2. The van der Waals surface area contributed by atoms with Crippen LogP contribution in [0.4, 0.5) is 0 Å². The monoisotopic (exact) mass is 296 g/mol. The second-order valence-electron chi connectivity index (χ2n) is 5.40. The summed E-state index contributed by atoms with van der Waals surface area (Å²) in [5.74, 6) is 0. The van der Waals surface area contributed by atoms with Crippen molar-refractivity contribution in [3.05, 3.63) is 60.2 Å². The zero-order valence-electron chi connectivity index (χ0n) is 11.2. The Labute approximate surface area is 121 Å². The summed E-state index contributed by atoms with van der Waals surface area (Å²) in [5.41, 5.74) is 0.703. The maximum Gasteiger partial charge on any atom is 0.329 e. The topological polar surface area (TPSA) is 57.5 Å². The van der Waals surface area contributed by atoms with E-state index in [1.54, 1.807) is 0 Å². The van der Waals surface area contributed by atoms with Gasteiger partial charge in [-0.05, 0) is 37.9 Å².